The minimum absolute atomic E-state index is 0.142. The number of fused-ring (bicyclic) bond motifs is 1. The predicted octanol–water partition coefficient (Wildman–Crippen LogP) is 2.68. The number of sulfonamides is 1. The zero-order valence-corrected chi connectivity index (χ0v) is 16.5. The zero-order valence-electron chi connectivity index (χ0n) is 14.9. The molecule has 3 aliphatic rings. The van der Waals surface area contributed by atoms with E-state index in [1.54, 1.807) is 0 Å². The van der Waals surface area contributed by atoms with Gasteiger partial charge >= 0.3 is 6.18 Å². The molecule has 2 heterocycles. The molecular weight excluding hydrogens is 433 g/mol. The standard InChI is InChI=1S/C18H16ClF3N2O4S/c19-15-6-5-11(7-14(15)18(20,21)22)29(27,28)23-8-10(9-23)24-16(25)12-3-1-2-4-13(12)17(24)26/h1-2,5-7,10,12-13H,3-4,8-9H2. The fourth-order valence-corrected chi connectivity index (χ4v) is 5.76. The van der Waals surface area contributed by atoms with Gasteiger partial charge in [-0.25, -0.2) is 8.42 Å². The van der Waals surface area contributed by atoms with Crippen LogP contribution in [0.3, 0.4) is 0 Å². The lowest BCUT2D eigenvalue weighted by Crippen LogP contribution is -2.62. The quantitative estimate of drug-likeness (QED) is 0.526. The SMILES string of the molecule is O=C1C2CC=CCC2C(=O)N1C1CN(S(=O)(=O)c2ccc(Cl)c(C(F)(F)F)c2)C1. The Bertz CT molecular complexity index is 992. The van der Waals surface area contributed by atoms with E-state index in [4.69, 9.17) is 11.6 Å². The Kier molecular flexibility index (Phi) is 4.79. The van der Waals surface area contributed by atoms with Crippen molar-refractivity contribution in [3.8, 4) is 0 Å². The molecule has 2 amide bonds. The van der Waals surface area contributed by atoms with E-state index in [9.17, 15) is 31.2 Å². The van der Waals surface area contributed by atoms with Gasteiger partial charge in [-0.2, -0.15) is 17.5 Å². The molecule has 2 saturated heterocycles. The molecule has 29 heavy (non-hydrogen) atoms. The van der Waals surface area contributed by atoms with Gasteiger partial charge in [0.05, 0.1) is 33.4 Å². The number of amides is 2. The van der Waals surface area contributed by atoms with Gasteiger partial charge in [0.1, 0.15) is 0 Å². The summed E-state index contributed by atoms with van der Waals surface area (Å²) in [5.41, 5.74) is -1.24. The summed E-state index contributed by atoms with van der Waals surface area (Å²) in [4.78, 5) is 25.7. The van der Waals surface area contributed by atoms with Crippen molar-refractivity contribution in [2.75, 3.05) is 13.1 Å². The summed E-state index contributed by atoms with van der Waals surface area (Å²) in [6.45, 7) is -0.284. The van der Waals surface area contributed by atoms with E-state index in [-0.39, 0.29) is 24.9 Å². The summed E-state index contributed by atoms with van der Waals surface area (Å²) in [6.07, 6.45) is -0.131. The van der Waals surface area contributed by atoms with Crippen LogP contribution in [0, 0.1) is 11.8 Å². The van der Waals surface area contributed by atoms with Crippen molar-refractivity contribution in [1.29, 1.82) is 0 Å². The summed E-state index contributed by atoms with van der Waals surface area (Å²) >= 11 is 5.54. The third kappa shape index (κ3) is 3.27. The number of allylic oxidation sites excluding steroid dienone is 2. The predicted molar refractivity (Wildman–Crippen MR) is 96.2 cm³/mol. The molecule has 0 spiro atoms. The minimum atomic E-state index is -4.79. The molecule has 156 valence electrons. The zero-order chi connectivity index (χ0) is 21.1. The normalized spacial score (nSPS) is 26.0. The molecule has 0 radical (unpaired) electrons. The van der Waals surface area contributed by atoms with Crippen molar-refractivity contribution in [3.05, 3.63) is 40.9 Å². The van der Waals surface area contributed by atoms with Crippen LogP contribution < -0.4 is 0 Å². The Morgan fingerprint density at radius 1 is 1.00 bits per heavy atom. The van der Waals surface area contributed by atoms with E-state index in [1.165, 1.54) is 0 Å². The first-order valence-electron chi connectivity index (χ1n) is 8.90. The van der Waals surface area contributed by atoms with Crippen molar-refractivity contribution in [1.82, 2.24) is 9.21 Å². The largest absolute Gasteiger partial charge is 0.417 e. The van der Waals surface area contributed by atoms with Crippen molar-refractivity contribution >= 4 is 33.4 Å². The molecular formula is C18H16ClF3N2O4S. The van der Waals surface area contributed by atoms with Gasteiger partial charge in [-0.3, -0.25) is 14.5 Å². The van der Waals surface area contributed by atoms with E-state index in [1.807, 2.05) is 12.2 Å². The fourth-order valence-electron chi connectivity index (χ4n) is 3.99. The molecule has 2 aliphatic heterocycles. The average Bonchev–Trinajstić information content (AvgIpc) is 2.85. The molecule has 0 bridgehead atoms. The average molecular weight is 449 g/mol. The molecule has 0 aromatic heterocycles. The number of benzene rings is 1. The van der Waals surface area contributed by atoms with Crippen LogP contribution >= 0.6 is 11.6 Å². The van der Waals surface area contributed by atoms with Gasteiger partial charge in [0.2, 0.25) is 21.8 Å². The second-order valence-electron chi connectivity index (χ2n) is 7.32. The molecule has 2 fully saturated rings. The minimum Gasteiger partial charge on any atom is -0.276 e. The highest BCUT2D eigenvalue weighted by Gasteiger charge is 2.53. The molecule has 4 rings (SSSR count). The third-order valence-electron chi connectivity index (χ3n) is 5.62. The van der Waals surface area contributed by atoms with Gasteiger partial charge < -0.3 is 0 Å². The summed E-state index contributed by atoms with van der Waals surface area (Å²) < 4.78 is 65.5. The van der Waals surface area contributed by atoms with Gasteiger partial charge in [0, 0.05) is 13.1 Å². The highest BCUT2D eigenvalue weighted by Crippen LogP contribution is 2.39. The summed E-state index contributed by atoms with van der Waals surface area (Å²) in [6, 6.07) is 1.79. The van der Waals surface area contributed by atoms with Crippen molar-refractivity contribution in [3.63, 3.8) is 0 Å². The van der Waals surface area contributed by atoms with Crippen LogP contribution in [0.15, 0.2) is 35.2 Å². The molecule has 2 atom stereocenters. The van der Waals surface area contributed by atoms with Crippen LogP contribution in [0.2, 0.25) is 5.02 Å². The Balaban J connectivity index is 1.51. The summed E-state index contributed by atoms with van der Waals surface area (Å²) in [5.74, 6) is -1.44. The number of alkyl halides is 3. The molecule has 1 aromatic carbocycles. The Morgan fingerprint density at radius 3 is 2.07 bits per heavy atom. The second-order valence-corrected chi connectivity index (χ2v) is 9.66. The number of halogens is 4. The first-order valence-corrected chi connectivity index (χ1v) is 10.7. The number of imide groups is 1. The lowest BCUT2D eigenvalue weighted by molar-refractivity contribution is -0.145. The van der Waals surface area contributed by atoms with E-state index in [0.717, 1.165) is 21.3 Å². The summed E-state index contributed by atoms with van der Waals surface area (Å²) in [5, 5.41) is -0.595. The lowest BCUT2D eigenvalue weighted by atomic mass is 9.85. The Morgan fingerprint density at radius 2 is 1.55 bits per heavy atom. The monoisotopic (exact) mass is 448 g/mol. The first kappa shape index (κ1) is 20.4. The Labute approximate surface area is 170 Å². The van der Waals surface area contributed by atoms with Crippen LogP contribution in [0.25, 0.3) is 0 Å². The number of carbonyl (C=O) groups is 2. The maximum atomic E-state index is 13.0. The number of carbonyl (C=O) groups excluding carboxylic acids is 2. The van der Waals surface area contributed by atoms with Gasteiger partial charge in [-0.05, 0) is 31.0 Å². The molecule has 2 unspecified atom stereocenters. The van der Waals surface area contributed by atoms with E-state index >= 15 is 0 Å². The van der Waals surface area contributed by atoms with Crippen LogP contribution in [-0.4, -0.2) is 48.6 Å². The number of hydrogen-bond acceptors (Lipinski definition) is 4. The molecule has 0 saturated carbocycles. The molecule has 0 N–H and O–H groups in total. The number of nitrogens with zero attached hydrogens (tertiary/aromatic N) is 2. The molecule has 6 nitrogen and oxygen atoms in total. The topological polar surface area (TPSA) is 74.8 Å². The van der Waals surface area contributed by atoms with Gasteiger partial charge in [-0.15, -0.1) is 0 Å². The maximum absolute atomic E-state index is 13.0. The highest BCUT2D eigenvalue weighted by molar-refractivity contribution is 7.89. The maximum Gasteiger partial charge on any atom is 0.417 e. The van der Waals surface area contributed by atoms with E-state index in [0.29, 0.717) is 18.9 Å². The highest BCUT2D eigenvalue weighted by atomic mass is 35.5. The van der Waals surface area contributed by atoms with E-state index < -0.39 is 49.6 Å². The fraction of sp³-hybridized carbons (Fsp3) is 0.444. The number of rotatable bonds is 3. The third-order valence-corrected chi connectivity index (χ3v) is 7.77. The van der Waals surface area contributed by atoms with Gasteiger partial charge in [-0.1, -0.05) is 23.8 Å². The van der Waals surface area contributed by atoms with Gasteiger partial charge in [0.15, 0.2) is 0 Å². The van der Waals surface area contributed by atoms with Crippen molar-refractivity contribution in [2.24, 2.45) is 11.8 Å². The lowest BCUT2D eigenvalue weighted by Gasteiger charge is -2.42. The molecule has 1 aliphatic carbocycles. The van der Waals surface area contributed by atoms with Gasteiger partial charge in [0.25, 0.3) is 0 Å². The van der Waals surface area contributed by atoms with Crippen LogP contribution in [0.1, 0.15) is 18.4 Å². The number of hydrogen-bond donors (Lipinski definition) is 0. The molecule has 1 aromatic rings. The van der Waals surface area contributed by atoms with Crippen LogP contribution in [0.5, 0.6) is 0 Å². The first-order chi connectivity index (χ1) is 13.5. The Hall–Kier alpha value is -1.91. The molecule has 11 heteroatoms. The van der Waals surface area contributed by atoms with Crippen LogP contribution in [-0.2, 0) is 25.8 Å². The van der Waals surface area contributed by atoms with E-state index in [2.05, 4.69) is 0 Å². The smallest absolute Gasteiger partial charge is 0.276 e. The van der Waals surface area contributed by atoms with Crippen molar-refractivity contribution < 1.29 is 31.2 Å². The number of likely N-dealkylation sites (tertiary alicyclic amines) is 1. The second kappa shape index (κ2) is 6.82. The van der Waals surface area contributed by atoms with Crippen LogP contribution in [0.4, 0.5) is 13.2 Å². The van der Waals surface area contributed by atoms with Crippen molar-refractivity contribution in [2.45, 2.75) is 30.0 Å². The summed E-state index contributed by atoms with van der Waals surface area (Å²) in [7, 11) is -4.21.